The van der Waals surface area contributed by atoms with Crippen molar-refractivity contribution in [2.45, 2.75) is 32.1 Å². The smallest absolute Gasteiger partial charge is 0.417 e. The van der Waals surface area contributed by atoms with Crippen molar-refractivity contribution in [1.82, 2.24) is 9.88 Å². The van der Waals surface area contributed by atoms with Gasteiger partial charge in [0, 0.05) is 54.3 Å². The van der Waals surface area contributed by atoms with Gasteiger partial charge in [0.15, 0.2) is 0 Å². The Morgan fingerprint density at radius 3 is 2.41 bits per heavy atom. The standard InChI is InChI=1S/C32H38F4N4O3S/c1-20-17-40(18-21(2)39(20)3)29-15-27(33)24(23-9-7-8-22(12-23)19-41)13-28(29)38-31(42)25-16-37-30(14-26(25)32(34,35)36)43-10-11-44(4,5)6/h7-9,12-16,19-21H,10-11,17-18H2,1-6H3,(H,38,42)/t20-,21+. The number of piperazine rings is 1. The van der Waals surface area contributed by atoms with Crippen LogP contribution < -0.4 is 15.0 Å². The maximum absolute atomic E-state index is 15.7. The first-order chi connectivity index (χ1) is 20.6. The molecule has 1 fully saturated rings. The van der Waals surface area contributed by atoms with E-state index in [-0.39, 0.29) is 35.8 Å². The molecule has 3 aromatic rings. The minimum atomic E-state index is -4.86. The predicted octanol–water partition coefficient (Wildman–Crippen LogP) is 6.57. The Bertz CT molecular complexity index is 1510. The molecule has 1 N–H and O–H groups in total. The van der Waals surface area contributed by atoms with Crippen molar-refractivity contribution in [2.75, 3.05) is 61.5 Å². The fourth-order valence-corrected chi connectivity index (χ4v) is 5.63. The number of ether oxygens (including phenoxy) is 1. The van der Waals surface area contributed by atoms with Gasteiger partial charge in [0.25, 0.3) is 5.91 Å². The predicted molar refractivity (Wildman–Crippen MR) is 169 cm³/mol. The van der Waals surface area contributed by atoms with Gasteiger partial charge in [0.05, 0.1) is 29.1 Å². The highest BCUT2D eigenvalue weighted by atomic mass is 32.3. The molecule has 1 aromatic heterocycles. The zero-order valence-corrected chi connectivity index (χ0v) is 26.5. The van der Waals surface area contributed by atoms with E-state index in [2.05, 4.69) is 34.0 Å². The third-order valence-corrected chi connectivity index (χ3v) is 9.13. The van der Waals surface area contributed by atoms with Crippen LogP contribution in [0.4, 0.5) is 28.9 Å². The van der Waals surface area contributed by atoms with Gasteiger partial charge < -0.3 is 15.0 Å². The number of hydrogen-bond acceptors (Lipinski definition) is 6. The number of anilines is 2. The van der Waals surface area contributed by atoms with Crippen molar-refractivity contribution in [3.8, 4) is 17.0 Å². The number of alkyl halides is 3. The van der Waals surface area contributed by atoms with Gasteiger partial charge in [-0.05, 0) is 63.4 Å². The monoisotopic (exact) mass is 634 g/mol. The fourth-order valence-electron chi connectivity index (χ4n) is 5.04. The molecule has 44 heavy (non-hydrogen) atoms. The van der Waals surface area contributed by atoms with E-state index in [4.69, 9.17) is 4.74 Å². The molecule has 238 valence electrons. The molecule has 2 atom stereocenters. The highest BCUT2D eigenvalue weighted by molar-refractivity contribution is 8.32. The van der Waals surface area contributed by atoms with Crippen molar-refractivity contribution in [3.63, 3.8) is 0 Å². The molecule has 0 unspecified atom stereocenters. The van der Waals surface area contributed by atoms with Crippen LogP contribution in [0.3, 0.4) is 0 Å². The Balaban J connectivity index is 1.75. The van der Waals surface area contributed by atoms with E-state index in [9.17, 15) is 22.8 Å². The quantitative estimate of drug-likeness (QED) is 0.212. The van der Waals surface area contributed by atoms with E-state index in [1.165, 1.54) is 18.2 Å². The zero-order chi connectivity index (χ0) is 32.4. The summed E-state index contributed by atoms with van der Waals surface area (Å²) in [6.45, 7) is 5.24. The summed E-state index contributed by atoms with van der Waals surface area (Å²) in [6.07, 6.45) is 2.82. The minimum Gasteiger partial charge on any atom is -0.477 e. The third kappa shape index (κ3) is 7.89. The number of halogens is 4. The number of nitrogens with one attached hydrogen (secondary N) is 1. The molecule has 12 heteroatoms. The number of pyridine rings is 1. The number of likely N-dealkylation sites (N-methyl/N-ethyl adjacent to an activating group) is 1. The van der Waals surface area contributed by atoms with Crippen molar-refractivity contribution >= 4 is 33.6 Å². The second-order valence-corrected chi connectivity index (χ2v) is 16.6. The van der Waals surface area contributed by atoms with Gasteiger partial charge in [-0.2, -0.15) is 13.2 Å². The van der Waals surface area contributed by atoms with Crippen LogP contribution in [-0.4, -0.2) is 85.4 Å². The number of rotatable bonds is 9. The van der Waals surface area contributed by atoms with Crippen molar-refractivity contribution < 1.29 is 31.9 Å². The summed E-state index contributed by atoms with van der Waals surface area (Å²) in [5, 5.41) is 2.62. The topological polar surface area (TPSA) is 74.8 Å². The highest BCUT2D eigenvalue weighted by Crippen LogP contribution is 2.38. The second kappa shape index (κ2) is 13.2. The zero-order valence-electron chi connectivity index (χ0n) is 25.7. The maximum atomic E-state index is 15.7. The fraction of sp³-hybridized carbons (Fsp3) is 0.406. The van der Waals surface area contributed by atoms with Crippen LogP contribution in [0.5, 0.6) is 5.88 Å². The first-order valence-corrected chi connectivity index (χ1v) is 17.1. The van der Waals surface area contributed by atoms with E-state index in [0.29, 0.717) is 41.9 Å². The lowest BCUT2D eigenvalue weighted by atomic mass is 10.00. The molecule has 2 aromatic carbocycles. The largest absolute Gasteiger partial charge is 0.477 e. The molecule has 1 amide bonds. The van der Waals surface area contributed by atoms with Gasteiger partial charge in [-0.25, -0.2) is 19.4 Å². The van der Waals surface area contributed by atoms with Gasteiger partial charge >= 0.3 is 6.18 Å². The Morgan fingerprint density at radius 1 is 1.11 bits per heavy atom. The van der Waals surface area contributed by atoms with Gasteiger partial charge in [-0.1, -0.05) is 18.2 Å². The van der Waals surface area contributed by atoms with Gasteiger partial charge in [0.2, 0.25) is 5.88 Å². The van der Waals surface area contributed by atoms with E-state index in [0.717, 1.165) is 12.3 Å². The minimum absolute atomic E-state index is 0.0851. The number of benzene rings is 2. The van der Waals surface area contributed by atoms with E-state index >= 15 is 4.39 Å². The molecular formula is C32H38F4N4O3S. The van der Waals surface area contributed by atoms with Gasteiger partial charge in [-0.3, -0.25) is 14.5 Å². The van der Waals surface area contributed by atoms with Crippen molar-refractivity contribution in [2.24, 2.45) is 0 Å². The van der Waals surface area contributed by atoms with Crippen LogP contribution in [0.1, 0.15) is 40.1 Å². The van der Waals surface area contributed by atoms with E-state index in [1.807, 2.05) is 25.8 Å². The molecule has 1 aliphatic heterocycles. The molecule has 1 saturated heterocycles. The summed E-state index contributed by atoms with van der Waals surface area (Å²) in [6, 6.07) is 9.87. The normalized spacial score (nSPS) is 18.2. The van der Waals surface area contributed by atoms with Crippen LogP contribution in [0.25, 0.3) is 11.1 Å². The van der Waals surface area contributed by atoms with Crippen molar-refractivity contribution in [3.05, 3.63) is 71.2 Å². The lowest BCUT2D eigenvalue weighted by Gasteiger charge is -2.44. The number of carbonyl (C=O) groups is 2. The Labute approximate surface area is 256 Å². The highest BCUT2D eigenvalue weighted by Gasteiger charge is 2.37. The number of hydrogen-bond donors (Lipinski definition) is 1. The number of aldehydes is 1. The molecule has 0 radical (unpaired) electrons. The lowest BCUT2D eigenvalue weighted by Crippen LogP contribution is -2.55. The molecule has 0 bridgehead atoms. The molecular weight excluding hydrogens is 596 g/mol. The van der Waals surface area contributed by atoms with Crippen LogP contribution >= 0.6 is 10.0 Å². The maximum Gasteiger partial charge on any atom is 0.417 e. The Hall–Kier alpha value is -3.64. The van der Waals surface area contributed by atoms with Crippen LogP contribution in [0, 0.1) is 5.82 Å². The summed E-state index contributed by atoms with van der Waals surface area (Å²) in [7, 11) is 1.06. The van der Waals surface area contributed by atoms with Gasteiger partial charge in [0.1, 0.15) is 12.1 Å². The SMILES string of the molecule is C[C@@H]1CN(c2cc(F)c(-c3cccc(C=O)c3)cc2NC(=O)c2cnc(OCCS(C)(C)C)cc2C(F)(F)F)C[C@H](C)N1C. The molecule has 0 saturated carbocycles. The Kier molecular flexibility index (Phi) is 9.94. The molecule has 0 spiro atoms. The number of carbonyl (C=O) groups excluding carboxylic acids is 2. The molecule has 0 aliphatic carbocycles. The summed E-state index contributed by atoms with van der Waals surface area (Å²) in [4.78, 5) is 33.0. The lowest BCUT2D eigenvalue weighted by molar-refractivity contribution is -0.138. The van der Waals surface area contributed by atoms with Crippen LogP contribution in [0.15, 0.2) is 48.7 Å². The molecule has 7 nitrogen and oxygen atoms in total. The number of aromatic nitrogens is 1. The first kappa shape index (κ1) is 33.3. The molecule has 4 rings (SSSR count). The van der Waals surface area contributed by atoms with E-state index in [1.54, 1.807) is 18.2 Å². The Morgan fingerprint density at radius 2 is 1.80 bits per heavy atom. The first-order valence-electron chi connectivity index (χ1n) is 14.1. The van der Waals surface area contributed by atoms with Gasteiger partial charge in [-0.15, -0.1) is 0 Å². The van der Waals surface area contributed by atoms with Crippen LogP contribution in [0.2, 0.25) is 0 Å². The van der Waals surface area contributed by atoms with Crippen molar-refractivity contribution in [1.29, 1.82) is 0 Å². The number of nitrogens with zero attached hydrogens (tertiary/aromatic N) is 3. The summed E-state index contributed by atoms with van der Waals surface area (Å²) < 4.78 is 63.7. The number of amides is 1. The molecule has 2 heterocycles. The summed E-state index contributed by atoms with van der Waals surface area (Å²) in [5.41, 5.74) is -0.617. The summed E-state index contributed by atoms with van der Waals surface area (Å²) in [5.74, 6) is -1.20. The van der Waals surface area contributed by atoms with E-state index < -0.39 is 39.1 Å². The average Bonchev–Trinajstić information content (AvgIpc) is 2.95. The molecule has 1 aliphatic rings. The summed E-state index contributed by atoms with van der Waals surface area (Å²) >= 11 is 0. The van der Waals surface area contributed by atoms with Crippen LogP contribution in [-0.2, 0) is 6.18 Å². The third-order valence-electron chi connectivity index (χ3n) is 7.74. The average molecular weight is 635 g/mol. The second-order valence-electron chi connectivity index (χ2n) is 12.0.